The van der Waals surface area contributed by atoms with Crippen molar-refractivity contribution in [1.82, 2.24) is 0 Å². The van der Waals surface area contributed by atoms with Crippen molar-refractivity contribution in [2.24, 2.45) is 0 Å². The van der Waals surface area contributed by atoms with Crippen LogP contribution in [-0.2, 0) is 9.53 Å². The summed E-state index contributed by atoms with van der Waals surface area (Å²) < 4.78 is 17.5. The molecule has 0 heterocycles. The van der Waals surface area contributed by atoms with Gasteiger partial charge >= 0.3 is 5.97 Å². The van der Waals surface area contributed by atoms with E-state index in [2.05, 4.69) is 10.1 Å². The predicted octanol–water partition coefficient (Wildman–Crippen LogP) is 2.22. The van der Waals surface area contributed by atoms with Crippen LogP contribution in [-0.4, -0.2) is 19.0 Å². The summed E-state index contributed by atoms with van der Waals surface area (Å²) in [6.07, 6.45) is 0. The maximum atomic E-state index is 13.0. The zero-order chi connectivity index (χ0) is 12.3. The summed E-state index contributed by atoms with van der Waals surface area (Å²) in [5.74, 6) is -1.87. The van der Waals surface area contributed by atoms with Gasteiger partial charge in [0, 0.05) is 6.92 Å². The van der Waals surface area contributed by atoms with Gasteiger partial charge in [-0.1, -0.05) is 11.6 Å². The normalized spacial score (nSPS) is 9.75. The van der Waals surface area contributed by atoms with Gasteiger partial charge in [-0.3, -0.25) is 4.79 Å². The van der Waals surface area contributed by atoms with E-state index >= 15 is 0 Å². The van der Waals surface area contributed by atoms with Gasteiger partial charge in [-0.25, -0.2) is 9.18 Å². The lowest BCUT2D eigenvalue weighted by Gasteiger charge is -2.10. The summed E-state index contributed by atoms with van der Waals surface area (Å²) in [6.45, 7) is 1.25. The Balaban J connectivity index is 3.31. The van der Waals surface area contributed by atoms with Crippen molar-refractivity contribution in [1.29, 1.82) is 0 Å². The third-order valence-corrected chi connectivity index (χ3v) is 2.06. The number of rotatable bonds is 2. The Morgan fingerprint density at radius 1 is 1.44 bits per heavy atom. The second kappa shape index (κ2) is 4.94. The number of nitrogens with one attached hydrogen (secondary N) is 1. The van der Waals surface area contributed by atoms with Crippen molar-refractivity contribution < 1.29 is 18.7 Å². The smallest absolute Gasteiger partial charge is 0.340 e. The van der Waals surface area contributed by atoms with E-state index in [-0.39, 0.29) is 16.3 Å². The first-order valence-electron chi connectivity index (χ1n) is 4.30. The van der Waals surface area contributed by atoms with E-state index in [4.69, 9.17) is 11.6 Å². The SMILES string of the molecule is COC(=O)c1cc(F)cc(Cl)c1NC(C)=O. The number of carbonyl (C=O) groups excluding carboxylic acids is 2. The van der Waals surface area contributed by atoms with Crippen LogP contribution in [0.3, 0.4) is 0 Å². The molecule has 0 aliphatic rings. The summed E-state index contributed by atoms with van der Waals surface area (Å²) in [5, 5.41) is 2.29. The molecular formula is C10H9ClFNO3. The molecular weight excluding hydrogens is 237 g/mol. The van der Waals surface area contributed by atoms with Crippen LogP contribution < -0.4 is 5.32 Å². The molecule has 4 nitrogen and oxygen atoms in total. The first-order chi connectivity index (χ1) is 7.45. The number of hydrogen-bond acceptors (Lipinski definition) is 3. The van der Waals surface area contributed by atoms with E-state index < -0.39 is 17.7 Å². The molecule has 1 aromatic rings. The average Bonchev–Trinajstić information content (AvgIpc) is 2.20. The molecule has 0 unspecified atom stereocenters. The highest BCUT2D eigenvalue weighted by atomic mass is 35.5. The highest BCUT2D eigenvalue weighted by Gasteiger charge is 2.17. The molecule has 0 aromatic heterocycles. The first-order valence-corrected chi connectivity index (χ1v) is 4.68. The lowest BCUT2D eigenvalue weighted by Crippen LogP contribution is -2.13. The standard InChI is InChI=1S/C10H9ClFNO3/c1-5(14)13-9-7(10(15)16-2)3-6(12)4-8(9)11/h3-4H,1-2H3,(H,13,14). The number of halogens is 2. The van der Waals surface area contributed by atoms with Crippen LogP contribution in [0.15, 0.2) is 12.1 Å². The van der Waals surface area contributed by atoms with E-state index in [1.807, 2.05) is 0 Å². The third-order valence-electron chi connectivity index (χ3n) is 1.76. The van der Waals surface area contributed by atoms with Gasteiger partial charge in [0.15, 0.2) is 0 Å². The fraction of sp³-hybridized carbons (Fsp3) is 0.200. The number of amides is 1. The molecule has 1 aromatic carbocycles. The van der Waals surface area contributed by atoms with Gasteiger partial charge in [-0.05, 0) is 12.1 Å². The van der Waals surface area contributed by atoms with Crippen LogP contribution in [0.25, 0.3) is 0 Å². The minimum atomic E-state index is -0.773. The maximum Gasteiger partial charge on any atom is 0.340 e. The minimum Gasteiger partial charge on any atom is -0.465 e. The topological polar surface area (TPSA) is 55.4 Å². The highest BCUT2D eigenvalue weighted by molar-refractivity contribution is 6.34. The summed E-state index contributed by atoms with van der Waals surface area (Å²) in [7, 11) is 1.15. The van der Waals surface area contributed by atoms with E-state index in [1.165, 1.54) is 6.92 Å². The summed E-state index contributed by atoms with van der Waals surface area (Å²) in [6, 6.07) is 1.95. The van der Waals surface area contributed by atoms with E-state index in [9.17, 15) is 14.0 Å². The predicted molar refractivity (Wildman–Crippen MR) is 57.1 cm³/mol. The van der Waals surface area contributed by atoms with Crippen LogP contribution >= 0.6 is 11.6 Å². The quantitative estimate of drug-likeness (QED) is 0.813. The molecule has 86 valence electrons. The largest absolute Gasteiger partial charge is 0.465 e. The van der Waals surface area contributed by atoms with Gasteiger partial charge < -0.3 is 10.1 Å². The number of hydrogen-bond donors (Lipinski definition) is 1. The van der Waals surface area contributed by atoms with Crippen molar-refractivity contribution >= 4 is 29.2 Å². The van der Waals surface area contributed by atoms with Crippen molar-refractivity contribution in [2.45, 2.75) is 6.92 Å². The van der Waals surface area contributed by atoms with E-state index in [0.29, 0.717) is 0 Å². The molecule has 0 fully saturated rings. The number of methoxy groups -OCH3 is 1. The number of anilines is 1. The second-order valence-electron chi connectivity index (χ2n) is 2.98. The van der Waals surface area contributed by atoms with Gasteiger partial charge in [0.1, 0.15) is 5.82 Å². The highest BCUT2D eigenvalue weighted by Crippen LogP contribution is 2.28. The molecule has 0 atom stereocenters. The molecule has 0 bridgehead atoms. The van der Waals surface area contributed by atoms with E-state index in [1.54, 1.807) is 0 Å². The zero-order valence-electron chi connectivity index (χ0n) is 8.64. The fourth-order valence-electron chi connectivity index (χ4n) is 1.15. The Hall–Kier alpha value is -1.62. The molecule has 0 aliphatic carbocycles. The fourth-order valence-corrected chi connectivity index (χ4v) is 1.40. The summed E-state index contributed by atoms with van der Waals surface area (Å²) in [5.41, 5.74) is -0.0786. The van der Waals surface area contributed by atoms with Gasteiger partial charge in [0.25, 0.3) is 0 Å². The second-order valence-corrected chi connectivity index (χ2v) is 3.39. The summed E-state index contributed by atoms with van der Waals surface area (Å²) >= 11 is 5.72. The average molecular weight is 246 g/mol. The molecule has 0 spiro atoms. The Labute approximate surface area is 96.3 Å². The van der Waals surface area contributed by atoms with Crippen LogP contribution in [0.5, 0.6) is 0 Å². The molecule has 1 amide bonds. The first kappa shape index (κ1) is 12.4. The Morgan fingerprint density at radius 3 is 2.56 bits per heavy atom. The zero-order valence-corrected chi connectivity index (χ0v) is 9.39. The molecule has 0 aliphatic heterocycles. The number of carbonyl (C=O) groups is 2. The van der Waals surface area contributed by atoms with Crippen LogP contribution in [0.4, 0.5) is 10.1 Å². The van der Waals surface area contributed by atoms with Gasteiger partial charge in [-0.2, -0.15) is 0 Å². The van der Waals surface area contributed by atoms with Crippen molar-refractivity contribution in [3.05, 3.63) is 28.5 Å². The van der Waals surface area contributed by atoms with Gasteiger partial charge in [-0.15, -0.1) is 0 Å². The molecule has 1 rings (SSSR count). The molecule has 0 saturated heterocycles. The lowest BCUT2D eigenvalue weighted by molar-refractivity contribution is -0.114. The number of esters is 1. The van der Waals surface area contributed by atoms with Gasteiger partial charge in [0.2, 0.25) is 5.91 Å². The molecule has 16 heavy (non-hydrogen) atoms. The van der Waals surface area contributed by atoms with Gasteiger partial charge in [0.05, 0.1) is 23.4 Å². The van der Waals surface area contributed by atoms with Crippen molar-refractivity contribution in [3.8, 4) is 0 Å². The van der Waals surface area contributed by atoms with Crippen molar-refractivity contribution in [3.63, 3.8) is 0 Å². The molecule has 0 radical (unpaired) electrons. The monoisotopic (exact) mass is 245 g/mol. The Kier molecular flexibility index (Phi) is 3.84. The van der Waals surface area contributed by atoms with Crippen LogP contribution in [0.2, 0.25) is 5.02 Å². The molecule has 0 saturated carbocycles. The third kappa shape index (κ3) is 2.70. The number of ether oxygens (including phenoxy) is 1. The molecule has 6 heteroatoms. The minimum absolute atomic E-state index is 0.0439. The van der Waals surface area contributed by atoms with E-state index in [0.717, 1.165) is 19.2 Å². The Bertz CT molecular complexity index is 448. The van der Waals surface area contributed by atoms with Crippen LogP contribution in [0, 0.1) is 5.82 Å². The van der Waals surface area contributed by atoms with Crippen LogP contribution in [0.1, 0.15) is 17.3 Å². The summed E-state index contributed by atoms with van der Waals surface area (Å²) in [4.78, 5) is 22.2. The maximum absolute atomic E-state index is 13.0. The Morgan fingerprint density at radius 2 is 2.06 bits per heavy atom. The number of benzene rings is 1. The molecule has 1 N–H and O–H groups in total. The lowest BCUT2D eigenvalue weighted by atomic mass is 10.1. The van der Waals surface area contributed by atoms with Crippen molar-refractivity contribution in [2.75, 3.05) is 12.4 Å².